The topological polar surface area (TPSA) is 54.5 Å². The summed E-state index contributed by atoms with van der Waals surface area (Å²) in [4.78, 5) is 19.0. The molecule has 5 nitrogen and oxygen atoms in total. The van der Waals surface area contributed by atoms with E-state index in [1.54, 1.807) is 6.20 Å². The molecule has 1 aliphatic heterocycles. The van der Waals surface area contributed by atoms with Crippen LogP contribution in [-0.2, 0) is 0 Å². The number of hydrogen-bond donors (Lipinski definition) is 1. The highest BCUT2D eigenvalue weighted by Crippen LogP contribution is 2.25. The number of carbonyl (C=O) groups is 1. The summed E-state index contributed by atoms with van der Waals surface area (Å²) in [7, 11) is 0. The Labute approximate surface area is 136 Å². The second kappa shape index (κ2) is 7.13. The summed E-state index contributed by atoms with van der Waals surface area (Å²) in [5, 5.41) is 2.88. The lowest BCUT2D eigenvalue weighted by Gasteiger charge is -2.18. The first-order valence-electron chi connectivity index (χ1n) is 8.02. The van der Waals surface area contributed by atoms with E-state index in [1.807, 2.05) is 43.3 Å². The zero-order valence-electron chi connectivity index (χ0n) is 13.3. The largest absolute Gasteiger partial charge is 0.492 e. The Kier molecular flexibility index (Phi) is 4.76. The fourth-order valence-electron chi connectivity index (χ4n) is 2.75. The molecule has 0 bridgehead atoms. The van der Waals surface area contributed by atoms with Crippen molar-refractivity contribution in [2.45, 2.75) is 19.8 Å². The second-order valence-electron chi connectivity index (χ2n) is 5.48. The van der Waals surface area contributed by atoms with Crippen LogP contribution in [0.2, 0.25) is 0 Å². The molecule has 1 saturated heterocycles. The molecule has 0 atom stereocenters. The van der Waals surface area contributed by atoms with Crippen LogP contribution in [0.15, 0.2) is 42.6 Å². The van der Waals surface area contributed by atoms with Gasteiger partial charge in [0, 0.05) is 25.0 Å². The van der Waals surface area contributed by atoms with Crippen LogP contribution in [0.5, 0.6) is 5.75 Å². The van der Waals surface area contributed by atoms with E-state index in [1.165, 1.54) is 12.8 Å². The van der Waals surface area contributed by atoms with Gasteiger partial charge in [0.2, 0.25) is 0 Å². The molecule has 0 radical (unpaired) electrons. The smallest absolute Gasteiger partial charge is 0.274 e. The average molecular weight is 311 g/mol. The van der Waals surface area contributed by atoms with Crippen LogP contribution < -0.4 is 15.0 Å². The van der Waals surface area contributed by atoms with Gasteiger partial charge in [0.1, 0.15) is 11.4 Å². The third-order valence-corrected chi connectivity index (χ3v) is 3.88. The monoisotopic (exact) mass is 311 g/mol. The van der Waals surface area contributed by atoms with Gasteiger partial charge in [-0.05, 0) is 44.0 Å². The first-order chi connectivity index (χ1) is 11.3. The van der Waals surface area contributed by atoms with Crippen molar-refractivity contribution in [3.8, 4) is 5.75 Å². The zero-order valence-corrected chi connectivity index (χ0v) is 13.3. The van der Waals surface area contributed by atoms with Crippen molar-refractivity contribution in [2.24, 2.45) is 0 Å². The third kappa shape index (κ3) is 3.62. The molecule has 0 unspecified atom stereocenters. The van der Waals surface area contributed by atoms with E-state index in [2.05, 4.69) is 15.2 Å². The number of pyridine rings is 1. The van der Waals surface area contributed by atoms with Crippen LogP contribution in [0.1, 0.15) is 30.3 Å². The van der Waals surface area contributed by atoms with E-state index >= 15 is 0 Å². The molecule has 1 fully saturated rings. The number of hydrogen-bond acceptors (Lipinski definition) is 4. The number of para-hydroxylation sites is 2. The maximum absolute atomic E-state index is 12.5. The van der Waals surface area contributed by atoms with Crippen molar-refractivity contribution in [1.82, 2.24) is 4.98 Å². The van der Waals surface area contributed by atoms with Crippen LogP contribution in [0, 0.1) is 0 Å². The summed E-state index contributed by atoms with van der Waals surface area (Å²) in [6.45, 7) is 4.55. The van der Waals surface area contributed by atoms with Crippen LogP contribution >= 0.6 is 0 Å². The number of amides is 1. The number of benzene rings is 1. The molecule has 5 heteroatoms. The Bertz CT molecular complexity index is 681. The van der Waals surface area contributed by atoms with Crippen molar-refractivity contribution < 1.29 is 9.53 Å². The highest BCUT2D eigenvalue weighted by molar-refractivity contribution is 6.04. The van der Waals surface area contributed by atoms with E-state index < -0.39 is 0 Å². The van der Waals surface area contributed by atoms with Gasteiger partial charge in [0.05, 0.1) is 12.3 Å². The Hall–Kier alpha value is -2.56. The van der Waals surface area contributed by atoms with Crippen LogP contribution in [0.25, 0.3) is 0 Å². The van der Waals surface area contributed by atoms with Crippen molar-refractivity contribution in [1.29, 1.82) is 0 Å². The summed E-state index contributed by atoms with van der Waals surface area (Å²) in [5.74, 6) is 0.442. The Balaban J connectivity index is 1.77. The van der Waals surface area contributed by atoms with Crippen molar-refractivity contribution >= 4 is 17.3 Å². The molecule has 1 amide bonds. The molecule has 3 rings (SSSR count). The fourth-order valence-corrected chi connectivity index (χ4v) is 2.75. The van der Waals surface area contributed by atoms with Crippen LogP contribution in [0.3, 0.4) is 0 Å². The van der Waals surface area contributed by atoms with Gasteiger partial charge in [0.15, 0.2) is 0 Å². The first-order valence-corrected chi connectivity index (χ1v) is 8.02. The van der Waals surface area contributed by atoms with Gasteiger partial charge in [-0.15, -0.1) is 0 Å². The number of nitrogens with one attached hydrogen (secondary N) is 1. The van der Waals surface area contributed by atoms with Crippen LogP contribution in [-0.4, -0.2) is 30.6 Å². The molecular formula is C18H21N3O2. The molecule has 1 aromatic heterocycles. The average Bonchev–Trinajstić information content (AvgIpc) is 3.11. The number of ether oxygens (including phenoxy) is 1. The molecule has 2 aromatic rings. The van der Waals surface area contributed by atoms with Gasteiger partial charge in [-0.1, -0.05) is 12.1 Å². The summed E-state index contributed by atoms with van der Waals surface area (Å²) in [6, 6.07) is 11.2. The molecule has 0 spiro atoms. The Morgan fingerprint density at radius 1 is 1.26 bits per heavy atom. The SMILES string of the molecule is CCOc1ccccc1NC(=O)c1cc(N2CCCC2)ccn1. The highest BCUT2D eigenvalue weighted by atomic mass is 16.5. The van der Waals surface area contributed by atoms with E-state index in [-0.39, 0.29) is 5.91 Å². The number of carbonyl (C=O) groups excluding carboxylic acids is 1. The number of aromatic nitrogens is 1. The molecule has 23 heavy (non-hydrogen) atoms. The predicted octanol–water partition coefficient (Wildman–Crippen LogP) is 3.33. The lowest BCUT2D eigenvalue weighted by molar-refractivity contribution is 0.102. The van der Waals surface area contributed by atoms with Gasteiger partial charge in [-0.3, -0.25) is 9.78 Å². The number of anilines is 2. The molecule has 2 heterocycles. The summed E-state index contributed by atoms with van der Waals surface area (Å²) in [6.07, 6.45) is 4.09. The zero-order chi connectivity index (χ0) is 16.1. The first kappa shape index (κ1) is 15.3. The van der Waals surface area contributed by atoms with Crippen molar-refractivity contribution in [2.75, 3.05) is 29.9 Å². The minimum absolute atomic E-state index is 0.224. The standard InChI is InChI=1S/C18H21N3O2/c1-2-23-17-8-4-3-7-15(17)20-18(22)16-13-14(9-10-19-16)21-11-5-6-12-21/h3-4,7-10,13H,2,5-6,11-12H2,1H3,(H,20,22). The lowest BCUT2D eigenvalue weighted by atomic mass is 10.2. The normalized spacial score (nSPS) is 13.9. The van der Waals surface area contributed by atoms with Gasteiger partial charge < -0.3 is 15.0 Å². The van der Waals surface area contributed by atoms with Gasteiger partial charge >= 0.3 is 0 Å². The molecule has 1 aliphatic rings. The molecule has 0 saturated carbocycles. The highest BCUT2D eigenvalue weighted by Gasteiger charge is 2.16. The fraction of sp³-hybridized carbons (Fsp3) is 0.333. The number of nitrogens with zero attached hydrogens (tertiary/aromatic N) is 2. The molecular weight excluding hydrogens is 290 g/mol. The summed E-state index contributed by atoms with van der Waals surface area (Å²) in [5.41, 5.74) is 2.13. The molecule has 1 N–H and O–H groups in total. The van der Waals surface area contributed by atoms with Gasteiger partial charge in [0.25, 0.3) is 5.91 Å². The molecule has 0 aliphatic carbocycles. The van der Waals surface area contributed by atoms with Crippen molar-refractivity contribution in [3.05, 3.63) is 48.3 Å². The predicted molar refractivity (Wildman–Crippen MR) is 91.2 cm³/mol. The minimum atomic E-state index is -0.224. The van der Waals surface area contributed by atoms with E-state index in [0.717, 1.165) is 18.8 Å². The third-order valence-electron chi connectivity index (χ3n) is 3.88. The summed E-state index contributed by atoms with van der Waals surface area (Å²) < 4.78 is 5.54. The second-order valence-corrected chi connectivity index (χ2v) is 5.48. The maximum Gasteiger partial charge on any atom is 0.274 e. The Morgan fingerprint density at radius 3 is 2.83 bits per heavy atom. The van der Waals surface area contributed by atoms with Gasteiger partial charge in [-0.25, -0.2) is 0 Å². The lowest BCUT2D eigenvalue weighted by Crippen LogP contribution is -2.19. The Morgan fingerprint density at radius 2 is 2.04 bits per heavy atom. The van der Waals surface area contributed by atoms with E-state index in [4.69, 9.17) is 4.74 Å². The van der Waals surface area contributed by atoms with Crippen molar-refractivity contribution in [3.63, 3.8) is 0 Å². The summed E-state index contributed by atoms with van der Waals surface area (Å²) >= 11 is 0. The van der Waals surface area contributed by atoms with Crippen LogP contribution in [0.4, 0.5) is 11.4 Å². The van der Waals surface area contributed by atoms with Gasteiger partial charge in [-0.2, -0.15) is 0 Å². The quantitative estimate of drug-likeness (QED) is 0.920. The maximum atomic E-state index is 12.5. The molecule has 120 valence electrons. The van der Waals surface area contributed by atoms with E-state index in [0.29, 0.717) is 23.7 Å². The minimum Gasteiger partial charge on any atom is -0.492 e. The molecule has 1 aromatic carbocycles. The number of rotatable bonds is 5. The van der Waals surface area contributed by atoms with E-state index in [9.17, 15) is 4.79 Å².